The van der Waals surface area contributed by atoms with E-state index in [4.69, 9.17) is 0 Å². The molecule has 4 rings (SSSR count). The molecule has 2 amide bonds. The summed E-state index contributed by atoms with van der Waals surface area (Å²) in [6.07, 6.45) is 7.18. The van der Waals surface area contributed by atoms with Crippen molar-refractivity contribution < 1.29 is 9.59 Å². The van der Waals surface area contributed by atoms with Gasteiger partial charge in [-0.3, -0.25) is 19.5 Å². The summed E-state index contributed by atoms with van der Waals surface area (Å²) in [5.74, 6) is 0.324. The van der Waals surface area contributed by atoms with E-state index in [-0.39, 0.29) is 30.3 Å². The number of carbonyl (C=O) groups excluding carboxylic acids is 2. The number of rotatable bonds is 5. The van der Waals surface area contributed by atoms with Crippen LogP contribution in [0.15, 0.2) is 48.8 Å². The topological polar surface area (TPSA) is 62.3 Å². The van der Waals surface area contributed by atoms with Crippen LogP contribution in [0.3, 0.4) is 0 Å². The number of benzene rings is 1. The van der Waals surface area contributed by atoms with Crippen LogP contribution in [-0.2, 0) is 16.0 Å². The summed E-state index contributed by atoms with van der Waals surface area (Å²) in [5, 5.41) is 3.23. The summed E-state index contributed by atoms with van der Waals surface area (Å²) < 4.78 is 0. The lowest BCUT2D eigenvalue weighted by atomic mass is 9.76. The Labute approximate surface area is 159 Å². The average molecular weight is 363 g/mol. The third-order valence-corrected chi connectivity index (χ3v) is 5.83. The fourth-order valence-electron chi connectivity index (χ4n) is 4.26. The number of nitrogens with zero attached hydrogens (tertiary/aromatic N) is 2. The van der Waals surface area contributed by atoms with Crippen LogP contribution in [0, 0.1) is 17.8 Å². The minimum atomic E-state index is -0.106. The maximum absolute atomic E-state index is 12.6. The van der Waals surface area contributed by atoms with Gasteiger partial charge in [0.25, 0.3) is 0 Å². The van der Waals surface area contributed by atoms with Crippen LogP contribution in [0.2, 0.25) is 0 Å². The highest BCUT2D eigenvalue weighted by Gasteiger charge is 2.49. The average Bonchev–Trinajstić information content (AvgIpc) is 2.92. The number of imide groups is 1. The Bertz CT molecular complexity index is 819. The molecule has 1 saturated carbocycles. The van der Waals surface area contributed by atoms with Gasteiger partial charge in [-0.25, -0.2) is 0 Å². The Hall–Kier alpha value is -2.69. The molecule has 2 heterocycles. The number of fused-ring (bicyclic) bond motifs is 1. The second kappa shape index (κ2) is 7.51. The van der Waals surface area contributed by atoms with Gasteiger partial charge in [0.2, 0.25) is 11.8 Å². The van der Waals surface area contributed by atoms with Gasteiger partial charge in [0.15, 0.2) is 0 Å². The first kappa shape index (κ1) is 17.7. The zero-order chi connectivity index (χ0) is 18.8. The fourth-order valence-corrected chi connectivity index (χ4v) is 4.26. The molecule has 1 saturated heterocycles. The van der Waals surface area contributed by atoms with Gasteiger partial charge in [0.05, 0.1) is 18.5 Å². The van der Waals surface area contributed by atoms with Crippen molar-refractivity contribution in [3.63, 3.8) is 0 Å². The lowest BCUT2D eigenvalue weighted by Crippen LogP contribution is -2.35. The van der Waals surface area contributed by atoms with Crippen molar-refractivity contribution in [2.75, 3.05) is 12.0 Å². The molecule has 0 bridgehead atoms. The van der Waals surface area contributed by atoms with E-state index in [1.807, 2.05) is 24.3 Å². The van der Waals surface area contributed by atoms with Crippen molar-refractivity contribution in [1.29, 1.82) is 0 Å². The molecule has 1 aromatic heterocycles. The van der Waals surface area contributed by atoms with Crippen LogP contribution < -0.4 is 5.32 Å². The quantitative estimate of drug-likeness (QED) is 0.827. The van der Waals surface area contributed by atoms with E-state index >= 15 is 0 Å². The number of anilines is 1. The second-order valence-corrected chi connectivity index (χ2v) is 7.80. The maximum atomic E-state index is 12.6. The van der Waals surface area contributed by atoms with Gasteiger partial charge < -0.3 is 5.32 Å². The molecule has 1 aliphatic carbocycles. The third kappa shape index (κ3) is 3.72. The smallest absolute Gasteiger partial charge is 0.234 e. The number of hydrogen-bond donors (Lipinski definition) is 1. The van der Waals surface area contributed by atoms with Gasteiger partial charge >= 0.3 is 0 Å². The van der Waals surface area contributed by atoms with E-state index in [9.17, 15) is 9.59 Å². The molecule has 2 aliphatic rings. The maximum Gasteiger partial charge on any atom is 0.234 e. The minimum absolute atomic E-state index is 0.00120. The Morgan fingerprint density at radius 1 is 0.963 bits per heavy atom. The highest BCUT2D eigenvalue weighted by atomic mass is 16.2. The summed E-state index contributed by atoms with van der Waals surface area (Å²) in [6.45, 7) is 2.42. The van der Waals surface area contributed by atoms with E-state index in [1.165, 1.54) is 16.0 Å². The van der Waals surface area contributed by atoms with Gasteiger partial charge in [0, 0.05) is 18.1 Å². The van der Waals surface area contributed by atoms with E-state index in [1.54, 1.807) is 12.4 Å². The predicted octanol–water partition coefficient (Wildman–Crippen LogP) is 3.46. The number of carbonyl (C=O) groups is 2. The molecule has 0 spiro atoms. The SMILES string of the molecule is C[C@@H]1CC[C@@H]2C(=O)N(CNc3ccc(Cc4ccncc4)cc3)C(=O)[C@H]2C1. The minimum Gasteiger partial charge on any atom is -0.367 e. The van der Waals surface area contributed by atoms with E-state index in [0.717, 1.165) is 31.4 Å². The largest absolute Gasteiger partial charge is 0.367 e. The Morgan fingerprint density at radius 3 is 2.37 bits per heavy atom. The number of nitrogens with one attached hydrogen (secondary N) is 1. The molecule has 27 heavy (non-hydrogen) atoms. The van der Waals surface area contributed by atoms with Crippen molar-refractivity contribution in [3.8, 4) is 0 Å². The van der Waals surface area contributed by atoms with E-state index in [0.29, 0.717) is 5.92 Å². The zero-order valence-electron chi connectivity index (χ0n) is 15.6. The fraction of sp³-hybridized carbons (Fsp3) is 0.409. The summed E-state index contributed by atoms with van der Waals surface area (Å²) in [7, 11) is 0. The molecule has 2 fully saturated rings. The molecule has 5 nitrogen and oxygen atoms in total. The summed E-state index contributed by atoms with van der Waals surface area (Å²) in [5.41, 5.74) is 3.34. The number of likely N-dealkylation sites (tertiary alicyclic amines) is 1. The monoisotopic (exact) mass is 363 g/mol. The van der Waals surface area contributed by atoms with E-state index < -0.39 is 0 Å². The van der Waals surface area contributed by atoms with Crippen LogP contribution in [0.5, 0.6) is 0 Å². The Balaban J connectivity index is 1.36. The standard InChI is InChI=1S/C22H25N3O2/c1-15-2-7-19-20(12-15)22(27)25(21(19)26)14-24-18-5-3-16(4-6-18)13-17-8-10-23-11-9-17/h3-6,8-11,15,19-20,24H,2,7,12-14H2,1H3/t15-,19+,20+/m1/s1. The van der Waals surface area contributed by atoms with Crippen LogP contribution in [-0.4, -0.2) is 28.4 Å². The number of aromatic nitrogens is 1. The van der Waals surface area contributed by atoms with Crippen molar-refractivity contribution in [3.05, 3.63) is 59.9 Å². The van der Waals surface area contributed by atoms with Crippen LogP contribution in [0.4, 0.5) is 5.69 Å². The molecular weight excluding hydrogens is 338 g/mol. The molecule has 1 N–H and O–H groups in total. The molecule has 2 aromatic rings. The normalized spacial score (nSPS) is 24.8. The predicted molar refractivity (Wildman–Crippen MR) is 104 cm³/mol. The lowest BCUT2D eigenvalue weighted by Gasteiger charge is -2.25. The molecular formula is C22H25N3O2. The highest BCUT2D eigenvalue weighted by Crippen LogP contribution is 2.40. The molecule has 1 aliphatic heterocycles. The first-order valence-corrected chi connectivity index (χ1v) is 9.69. The van der Waals surface area contributed by atoms with Crippen LogP contribution >= 0.6 is 0 Å². The van der Waals surface area contributed by atoms with E-state index in [2.05, 4.69) is 29.4 Å². The van der Waals surface area contributed by atoms with Crippen molar-refractivity contribution in [2.45, 2.75) is 32.6 Å². The van der Waals surface area contributed by atoms with Gasteiger partial charge in [-0.15, -0.1) is 0 Å². The second-order valence-electron chi connectivity index (χ2n) is 7.80. The van der Waals surface area contributed by atoms with Gasteiger partial charge in [-0.05, 0) is 67.0 Å². The molecule has 3 atom stereocenters. The molecule has 0 radical (unpaired) electrons. The molecule has 0 unspecified atom stereocenters. The number of amides is 2. The zero-order valence-corrected chi connectivity index (χ0v) is 15.6. The summed E-state index contributed by atoms with van der Waals surface area (Å²) in [4.78, 5) is 30.7. The summed E-state index contributed by atoms with van der Waals surface area (Å²) in [6, 6.07) is 12.1. The van der Waals surface area contributed by atoms with Crippen molar-refractivity contribution in [2.24, 2.45) is 17.8 Å². The molecule has 1 aromatic carbocycles. The van der Waals surface area contributed by atoms with Crippen molar-refractivity contribution >= 4 is 17.5 Å². The summed E-state index contributed by atoms with van der Waals surface area (Å²) >= 11 is 0. The van der Waals surface area contributed by atoms with Gasteiger partial charge in [-0.2, -0.15) is 0 Å². The molecule has 5 heteroatoms. The first-order valence-electron chi connectivity index (χ1n) is 9.69. The Morgan fingerprint density at radius 2 is 1.63 bits per heavy atom. The Kier molecular flexibility index (Phi) is 4.92. The van der Waals surface area contributed by atoms with Crippen LogP contribution in [0.25, 0.3) is 0 Å². The van der Waals surface area contributed by atoms with Crippen LogP contribution in [0.1, 0.15) is 37.3 Å². The van der Waals surface area contributed by atoms with Crippen molar-refractivity contribution in [1.82, 2.24) is 9.88 Å². The molecule has 140 valence electrons. The number of pyridine rings is 1. The lowest BCUT2D eigenvalue weighted by molar-refractivity contribution is -0.139. The van der Waals surface area contributed by atoms with Gasteiger partial charge in [-0.1, -0.05) is 19.1 Å². The highest BCUT2D eigenvalue weighted by molar-refractivity contribution is 6.05. The first-order chi connectivity index (χ1) is 13.1. The van der Waals surface area contributed by atoms with Gasteiger partial charge in [0.1, 0.15) is 0 Å². The third-order valence-electron chi connectivity index (χ3n) is 5.83. The number of hydrogen-bond acceptors (Lipinski definition) is 4.